The number of hydrogen-bond acceptors (Lipinski definition) is 15. The first kappa shape index (κ1) is 83.1. The average molecular weight is 1260 g/mol. The van der Waals surface area contributed by atoms with E-state index in [1.54, 1.807) is 0 Å². The number of ether oxygens (including phenoxy) is 4. The fraction of sp³-hybridized carbons (Fsp3) is 0.939. The molecule has 0 aromatic rings. The van der Waals surface area contributed by atoms with E-state index in [1.807, 2.05) is 0 Å². The Morgan fingerprint density at radius 2 is 0.565 bits per heavy atom. The lowest BCUT2D eigenvalue weighted by Crippen LogP contribution is -2.30. The lowest BCUT2D eigenvalue weighted by atomic mass is 9.99. The number of phosphoric ester groups is 2. The minimum atomic E-state index is -4.95. The molecule has 85 heavy (non-hydrogen) atoms. The molecule has 0 bridgehead atoms. The zero-order chi connectivity index (χ0) is 62.8. The van der Waals surface area contributed by atoms with E-state index in [9.17, 15) is 43.2 Å². The summed E-state index contributed by atoms with van der Waals surface area (Å²) in [7, 11) is -9.89. The highest BCUT2D eigenvalue weighted by Gasteiger charge is 2.30. The third kappa shape index (κ3) is 59.5. The quantitative estimate of drug-likeness (QED) is 0.0222. The summed E-state index contributed by atoms with van der Waals surface area (Å²) in [5, 5.41) is 10.5. The summed E-state index contributed by atoms with van der Waals surface area (Å²) < 4.78 is 68.0. The number of hydrogen-bond donors (Lipinski definition) is 3. The van der Waals surface area contributed by atoms with Crippen molar-refractivity contribution in [2.24, 2.45) is 5.92 Å². The normalized spacial score (nSPS) is 14.5. The van der Waals surface area contributed by atoms with Gasteiger partial charge < -0.3 is 33.8 Å². The molecule has 6 atom stereocenters. The van der Waals surface area contributed by atoms with Crippen LogP contribution in [0.15, 0.2) is 0 Å². The van der Waals surface area contributed by atoms with Gasteiger partial charge in [-0.25, -0.2) is 9.13 Å². The smallest absolute Gasteiger partial charge is 0.462 e. The third-order valence-corrected chi connectivity index (χ3v) is 17.5. The molecule has 3 N–H and O–H groups in total. The molecule has 504 valence electrons. The molecule has 17 nitrogen and oxygen atoms in total. The van der Waals surface area contributed by atoms with E-state index < -0.39 is 97.5 Å². The van der Waals surface area contributed by atoms with Gasteiger partial charge in [-0.15, -0.1) is 0 Å². The van der Waals surface area contributed by atoms with Gasteiger partial charge in [0.1, 0.15) is 19.3 Å². The molecule has 0 aliphatic rings. The molecule has 0 radical (unpaired) electrons. The molecular formula is C66H128O17P2. The van der Waals surface area contributed by atoms with Gasteiger partial charge in [0.2, 0.25) is 0 Å². The van der Waals surface area contributed by atoms with Crippen molar-refractivity contribution < 1.29 is 80.2 Å². The SMILES string of the molecule is CCCCCCCCCCCCCCCC(=O)OC[C@H](COP(=O)(O)OC[C@@H](O)COP(=O)(O)OC[C@@H](COC(=O)CCCCCCCCC)OC(=O)CCCCCCCCCCCCC)OC(=O)CCCCCCCCCCCCC(C)CC. The number of aliphatic hydroxyl groups excluding tert-OH is 1. The Hall–Kier alpha value is -1.94. The number of unbranched alkanes of at least 4 members (excludes halogenated alkanes) is 37. The van der Waals surface area contributed by atoms with E-state index in [0.29, 0.717) is 25.7 Å². The topological polar surface area (TPSA) is 237 Å². The molecule has 0 saturated heterocycles. The summed E-state index contributed by atoms with van der Waals surface area (Å²) in [6.07, 6.45) is 44.3. The summed E-state index contributed by atoms with van der Waals surface area (Å²) in [5.41, 5.74) is 0. The van der Waals surface area contributed by atoms with E-state index in [4.69, 9.17) is 37.0 Å². The van der Waals surface area contributed by atoms with Gasteiger partial charge in [0.05, 0.1) is 26.4 Å². The number of esters is 4. The second kappa shape index (κ2) is 59.7. The Bertz CT molecular complexity index is 1650. The van der Waals surface area contributed by atoms with Gasteiger partial charge in [0.15, 0.2) is 12.2 Å². The van der Waals surface area contributed by atoms with Crippen LogP contribution in [0, 0.1) is 5.92 Å². The fourth-order valence-electron chi connectivity index (χ4n) is 9.90. The number of rotatable bonds is 66. The average Bonchev–Trinajstić information content (AvgIpc) is 3.53. The van der Waals surface area contributed by atoms with Gasteiger partial charge in [-0.1, -0.05) is 285 Å². The van der Waals surface area contributed by atoms with E-state index in [-0.39, 0.29) is 25.7 Å². The van der Waals surface area contributed by atoms with Crippen LogP contribution in [0.1, 0.15) is 336 Å². The zero-order valence-electron chi connectivity index (χ0n) is 54.7. The molecule has 0 spiro atoms. The largest absolute Gasteiger partial charge is 0.472 e. The predicted molar refractivity (Wildman–Crippen MR) is 340 cm³/mol. The van der Waals surface area contributed by atoms with Crippen LogP contribution in [-0.2, 0) is 65.4 Å². The molecule has 0 aromatic heterocycles. The molecule has 0 fully saturated rings. The number of aliphatic hydroxyl groups is 1. The molecule has 0 rings (SSSR count). The Labute approximate surface area is 517 Å². The molecule has 0 aromatic carbocycles. The molecule has 0 amide bonds. The number of phosphoric acid groups is 2. The number of carbonyl (C=O) groups excluding carboxylic acids is 4. The predicted octanol–water partition coefficient (Wildman–Crippen LogP) is 18.6. The van der Waals surface area contributed by atoms with Gasteiger partial charge in [-0.2, -0.15) is 0 Å². The van der Waals surface area contributed by atoms with Gasteiger partial charge >= 0.3 is 39.5 Å². The van der Waals surface area contributed by atoms with Crippen LogP contribution in [0.5, 0.6) is 0 Å². The summed E-state index contributed by atoms with van der Waals surface area (Å²) >= 11 is 0. The zero-order valence-corrected chi connectivity index (χ0v) is 56.5. The Balaban J connectivity index is 5.22. The standard InChI is InChI=1S/C66H128O17P2/c1-6-10-13-16-19-21-23-24-26-30-35-40-45-50-64(69)77-56-62(83-66(71)52-47-42-37-32-28-27-29-34-38-43-48-59(5)9-4)58-81-85(74,75)79-54-60(67)53-78-84(72,73)80-57-61(55-76-63(68)49-44-39-33-18-15-12-8-3)82-65(70)51-46-41-36-31-25-22-20-17-14-11-7-2/h59-62,67H,6-58H2,1-5H3,(H,72,73)(H,74,75)/t59?,60-,61+,62+/m0/s1. The van der Waals surface area contributed by atoms with Crippen LogP contribution in [0.4, 0.5) is 0 Å². The van der Waals surface area contributed by atoms with E-state index >= 15 is 0 Å². The van der Waals surface area contributed by atoms with Crippen LogP contribution in [0.3, 0.4) is 0 Å². The van der Waals surface area contributed by atoms with Crippen molar-refractivity contribution in [1.82, 2.24) is 0 Å². The molecule has 0 aliphatic carbocycles. The monoisotopic (exact) mass is 1250 g/mol. The van der Waals surface area contributed by atoms with Gasteiger partial charge in [0, 0.05) is 25.7 Å². The summed E-state index contributed by atoms with van der Waals surface area (Å²) in [4.78, 5) is 72.2. The van der Waals surface area contributed by atoms with E-state index in [2.05, 4.69) is 34.6 Å². The lowest BCUT2D eigenvalue weighted by molar-refractivity contribution is -0.161. The van der Waals surface area contributed by atoms with Crippen molar-refractivity contribution in [2.45, 2.75) is 355 Å². The minimum absolute atomic E-state index is 0.107. The van der Waals surface area contributed by atoms with Crippen molar-refractivity contribution in [2.75, 3.05) is 39.6 Å². The maximum absolute atomic E-state index is 13.0. The molecule has 0 saturated carbocycles. The van der Waals surface area contributed by atoms with Crippen molar-refractivity contribution in [3.63, 3.8) is 0 Å². The summed E-state index contributed by atoms with van der Waals surface area (Å²) in [6, 6.07) is 0. The van der Waals surface area contributed by atoms with Gasteiger partial charge in [-0.3, -0.25) is 37.3 Å². The van der Waals surface area contributed by atoms with Crippen LogP contribution in [0.25, 0.3) is 0 Å². The molecule has 3 unspecified atom stereocenters. The van der Waals surface area contributed by atoms with Crippen molar-refractivity contribution >= 4 is 39.5 Å². The first-order valence-corrected chi connectivity index (χ1v) is 37.7. The maximum Gasteiger partial charge on any atom is 0.472 e. The molecule has 0 heterocycles. The summed E-state index contributed by atoms with van der Waals surface area (Å²) in [5.74, 6) is -1.33. The van der Waals surface area contributed by atoms with Crippen LogP contribution in [0.2, 0.25) is 0 Å². The first-order chi connectivity index (χ1) is 41.1. The van der Waals surface area contributed by atoms with Crippen molar-refractivity contribution in [3.05, 3.63) is 0 Å². The number of carbonyl (C=O) groups is 4. The van der Waals surface area contributed by atoms with Crippen molar-refractivity contribution in [1.29, 1.82) is 0 Å². The maximum atomic E-state index is 13.0. The summed E-state index contributed by atoms with van der Waals surface area (Å²) in [6.45, 7) is 7.20. The van der Waals surface area contributed by atoms with Crippen molar-refractivity contribution in [3.8, 4) is 0 Å². The Morgan fingerprint density at radius 3 is 0.835 bits per heavy atom. The Kier molecular flexibility index (Phi) is 58.3. The van der Waals surface area contributed by atoms with E-state index in [1.165, 1.54) is 148 Å². The van der Waals surface area contributed by atoms with Gasteiger partial charge in [0.25, 0.3) is 0 Å². The lowest BCUT2D eigenvalue weighted by Gasteiger charge is -2.21. The second-order valence-electron chi connectivity index (χ2n) is 24.1. The first-order valence-electron chi connectivity index (χ1n) is 34.7. The highest BCUT2D eigenvalue weighted by Crippen LogP contribution is 2.45. The van der Waals surface area contributed by atoms with Gasteiger partial charge in [-0.05, 0) is 31.6 Å². The fourth-order valence-corrected chi connectivity index (χ4v) is 11.5. The highest BCUT2D eigenvalue weighted by molar-refractivity contribution is 7.47. The highest BCUT2D eigenvalue weighted by atomic mass is 31.2. The van der Waals surface area contributed by atoms with E-state index in [0.717, 1.165) is 109 Å². The van der Waals surface area contributed by atoms with Crippen LogP contribution in [-0.4, -0.2) is 96.7 Å². The molecule has 0 aliphatic heterocycles. The van der Waals surface area contributed by atoms with Crippen LogP contribution >= 0.6 is 15.6 Å². The molecular weight excluding hydrogens is 1130 g/mol. The minimum Gasteiger partial charge on any atom is -0.462 e. The third-order valence-electron chi connectivity index (χ3n) is 15.6. The second-order valence-corrected chi connectivity index (χ2v) is 27.0. The molecule has 19 heteroatoms. The Morgan fingerprint density at radius 1 is 0.329 bits per heavy atom. The van der Waals surface area contributed by atoms with Crippen LogP contribution < -0.4 is 0 Å².